The minimum Gasteiger partial charge on any atom is -0.396 e. The maximum Gasteiger partial charge on any atom is 0.332 e. The number of imidazole rings is 1. The van der Waals surface area contributed by atoms with E-state index in [1.807, 2.05) is 54.8 Å². The second-order valence-corrected chi connectivity index (χ2v) is 7.64. The Bertz CT molecular complexity index is 1280. The molecule has 0 bridgehead atoms. The molecular formula is C22H26N6O3. The second kappa shape index (κ2) is 8.35. The Morgan fingerprint density at radius 1 is 1.19 bits per heavy atom. The third kappa shape index (κ3) is 3.61. The minimum absolute atomic E-state index is 0.0277. The number of allylic oxidation sites excluding steroid dienone is 1. The van der Waals surface area contributed by atoms with Gasteiger partial charge in [-0.15, -0.1) is 0 Å². The molecule has 4 rings (SSSR count). The van der Waals surface area contributed by atoms with Gasteiger partial charge in [0.15, 0.2) is 11.2 Å². The monoisotopic (exact) mass is 422 g/mol. The molecule has 9 nitrogen and oxygen atoms in total. The molecular weight excluding hydrogens is 396 g/mol. The number of hydrazone groups is 1. The van der Waals surface area contributed by atoms with Crippen molar-refractivity contribution in [3.05, 3.63) is 62.8 Å². The van der Waals surface area contributed by atoms with Crippen LogP contribution in [0.4, 0.5) is 5.95 Å². The van der Waals surface area contributed by atoms with E-state index < -0.39 is 5.69 Å². The van der Waals surface area contributed by atoms with Gasteiger partial charge in [-0.2, -0.15) is 10.1 Å². The van der Waals surface area contributed by atoms with Crippen LogP contribution in [-0.4, -0.2) is 42.7 Å². The molecule has 9 heteroatoms. The molecule has 31 heavy (non-hydrogen) atoms. The molecule has 3 heterocycles. The highest BCUT2D eigenvalue weighted by Crippen LogP contribution is 2.29. The topological polar surface area (TPSA) is 97.7 Å². The van der Waals surface area contributed by atoms with Crippen LogP contribution in [0, 0.1) is 0 Å². The zero-order valence-corrected chi connectivity index (χ0v) is 17.9. The molecule has 0 saturated carbocycles. The van der Waals surface area contributed by atoms with Crippen LogP contribution in [0.15, 0.2) is 51.1 Å². The molecule has 0 aliphatic carbocycles. The molecule has 0 saturated heterocycles. The molecule has 1 aliphatic heterocycles. The van der Waals surface area contributed by atoms with Gasteiger partial charge < -0.3 is 5.11 Å². The van der Waals surface area contributed by atoms with Gasteiger partial charge in [0.25, 0.3) is 5.56 Å². The summed E-state index contributed by atoms with van der Waals surface area (Å²) in [6, 6.07) is 9.54. The summed E-state index contributed by atoms with van der Waals surface area (Å²) in [6.07, 6.45) is 4.21. The number of hydrogen-bond donors (Lipinski definition) is 1. The van der Waals surface area contributed by atoms with E-state index in [1.54, 1.807) is 18.1 Å². The fourth-order valence-corrected chi connectivity index (χ4v) is 3.77. The van der Waals surface area contributed by atoms with Crippen molar-refractivity contribution in [1.29, 1.82) is 0 Å². The van der Waals surface area contributed by atoms with E-state index in [2.05, 4.69) is 10.1 Å². The molecule has 1 N–H and O–H groups in total. The summed E-state index contributed by atoms with van der Waals surface area (Å²) in [7, 11) is 1.62. The van der Waals surface area contributed by atoms with Crippen molar-refractivity contribution in [3.8, 4) is 0 Å². The first kappa shape index (κ1) is 20.8. The van der Waals surface area contributed by atoms with Crippen LogP contribution in [-0.2, 0) is 13.6 Å². The SMILES string of the molecule is CC1=NN(CCCO)c2nc3c(c(=O)n(C/C=C/c4ccccc4)c(=O)n3C)n2[C@H]1C. The van der Waals surface area contributed by atoms with Gasteiger partial charge in [0, 0.05) is 26.7 Å². The first-order valence-corrected chi connectivity index (χ1v) is 10.3. The Hall–Kier alpha value is -3.46. The van der Waals surface area contributed by atoms with Crippen molar-refractivity contribution in [1.82, 2.24) is 18.7 Å². The number of aliphatic hydroxyl groups excluding tert-OH is 1. The molecule has 0 unspecified atom stereocenters. The normalized spacial score (nSPS) is 16.2. The molecule has 2 aromatic heterocycles. The maximum atomic E-state index is 13.4. The van der Waals surface area contributed by atoms with E-state index in [0.29, 0.717) is 30.1 Å². The predicted octanol–water partition coefficient (Wildman–Crippen LogP) is 1.75. The first-order chi connectivity index (χ1) is 14.9. The van der Waals surface area contributed by atoms with Crippen molar-refractivity contribution in [2.45, 2.75) is 32.9 Å². The largest absolute Gasteiger partial charge is 0.396 e. The van der Waals surface area contributed by atoms with Crippen molar-refractivity contribution >= 4 is 28.9 Å². The number of nitrogens with zero attached hydrogens (tertiary/aromatic N) is 6. The highest BCUT2D eigenvalue weighted by atomic mass is 16.3. The number of aliphatic hydroxyl groups is 1. The summed E-state index contributed by atoms with van der Waals surface area (Å²) in [5, 5.41) is 15.5. The smallest absolute Gasteiger partial charge is 0.332 e. The fourth-order valence-electron chi connectivity index (χ4n) is 3.77. The summed E-state index contributed by atoms with van der Waals surface area (Å²) in [4.78, 5) is 30.9. The number of benzene rings is 1. The molecule has 0 fully saturated rings. The Labute approximate surface area is 179 Å². The van der Waals surface area contributed by atoms with E-state index >= 15 is 0 Å². The number of fused-ring (bicyclic) bond motifs is 3. The lowest BCUT2D eigenvalue weighted by atomic mass is 10.2. The summed E-state index contributed by atoms with van der Waals surface area (Å²) < 4.78 is 4.47. The van der Waals surface area contributed by atoms with E-state index in [9.17, 15) is 14.7 Å². The molecule has 1 aromatic carbocycles. The van der Waals surface area contributed by atoms with E-state index in [0.717, 1.165) is 11.3 Å². The number of aryl methyl sites for hydroxylation is 1. The van der Waals surface area contributed by atoms with Gasteiger partial charge in [0.05, 0.1) is 11.8 Å². The van der Waals surface area contributed by atoms with Crippen molar-refractivity contribution in [3.63, 3.8) is 0 Å². The van der Waals surface area contributed by atoms with Gasteiger partial charge in [0.1, 0.15) is 0 Å². The minimum atomic E-state index is -0.419. The summed E-state index contributed by atoms with van der Waals surface area (Å²) in [5.41, 5.74) is 1.74. The molecule has 162 valence electrons. The van der Waals surface area contributed by atoms with Crippen molar-refractivity contribution in [2.24, 2.45) is 12.1 Å². The quantitative estimate of drug-likeness (QED) is 0.653. The van der Waals surface area contributed by atoms with E-state index in [1.165, 1.54) is 9.13 Å². The zero-order chi connectivity index (χ0) is 22.1. The Balaban J connectivity index is 1.84. The Kier molecular flexibility index (Phi) is 5.60. The zero-order valence-electron chi connectivity index (χ0n) is 17.9. The number of rotatable bonds is 6. The van der Waals surface area contributed by atoms with E-state index in [4.69, 9.17) is 0 Å². The van der Waals surface area contributed by atoms with Gasteiger partial charge in [-0.1, -0.05) is 42.5 Å². The third-order valence-corrected chi connectivity index (χ3v) is 5.58. The van der Waals surface area contributed by atoms with Gasteiger partial charge >= 0.3 is 5.69 Å². The van der Waals surface area contributed by atoms with Gasteiger partial charge in [-0.3, -0.25) is 18.5 Å². The lowest BCUT2D eigenvalue weighted by molar-refractivity contribution is 0.289. The summed E-state index contributed by atoms with van der Waals surface area (Å²) in [5.74, 6) is 0.506. The van der Waals surface area contributed by atoms with Crippen LogP contribution in [0.3, 0.4) is 0 Å². The Morgan fingerprint density at radius 2 is 1.94 bits per heavy atom. The molecule has 1 aliphatic rings. The van der Waals surface area contributed by atoms with Gasteiger partial charge in [-0.25, -0.2) is 9.80 Å². The standard InChI is InChI=1S/C22H26N6O3/c1-15-16(2)28-18-19(23-21(28)27(24-15)13-8-14-29)25(3)22(31)26(20(18)30)12-7-11-17-9-5-4-6-10-17/h4-7,9-11,16,29H,8,12-14H2,1-3H3/b11-7+/t16-/m0/s1. The Morgan fingerprint density at radius 3 is 2.65 bits per heavy atom. The highest BCUT2D eigenvalue weighted by molar-refractivity contribution is 5.91. The molecule has 3 aromatic rings. The molecule has 0 amide bonds. The predicted molar refractivity (Wildman–Crippen MR) is 122 cm³/mol. The molecule has 0 spiro atoms. The van der Waals surface area contributed by atoms with Crippen molar-refractivity contribution in [2.75, 3.05) is 18.2 Å². The lowest BCUT2D eigenvalue weighted by Crippen LogP contribution is -2.40. The third-order valence-electron chi connectivity index (χ3n) is 5.58. The number of hydrogen-bond acceptors (Lipinski definition) is 6. The van der Waals surface area contributed by atoms with Gasteiger partial charge in [0.2, 0.25) is 5.95 Å². The fraction of sp³-hybridized carbons (Fsp3) is 0.364. The average molecular weight is 422 g/mol. The van der Waals surface area contributed by atoms with Crippen LogP contribution in [0.25, 0.3) is 17.2 Å². The van der Waals surface area contributed by atoms with Crippen LogP contribution < -0.4 is 16.3 Å². The molecule has 1 atom stereocenters. The van der Waals surface area contributed by atoms with Crippen LogP contribution in [0.1, 0.15) is 31.9 Å². The van der Waals surface area contributed by atoms with Crippen LogP contribution in [0.5, 0.6) is 0 Å². The number of anilines is 1. The molecule has 0 radical (unpaired) electrons. The summed E-state index contributed by atoms with van der Waals surface area (Å²) >= 11 is 0. The maximum absolute atomic E-state index is 13.4. The lowest BCUT2D eigenvalue weighted by Gasteiger charge is -2.29. The summed E-state index contributed by atoms with van der Waals surface area (Å²) in [6.45, 7) is 4.50. The first-order valence-electron chi connectivity index (χ1n) is 10.3. The van der Waals surface area contributed by atoms with Gasteiger partial charge in [-0.05, 0) is 25.8 Å². The van der Waals surface area contributed by atoms with Crippen molar-refractivity contribution < 1.29 is 5.11 Å². The highest BCUT2D eigenvalue weighted by Gasteiger charge is 2.30. The second-order valence-electron chi connectivity index (χ2n) is 7.64. The van der Waals surface area contributed by atoms with E-state index in [-0.39, 0.29) is 24.8 Å². The number of aromatic nitrogens is 4. The van der Waals surface area contributed by atoms with Crippen LogP contribution in [0.2, 0.25) is 0 Å². The van der Waals surface area contributed by atoms with Crippen LogP contribution >= 0.6 is 0 Å². The average Bonchev–Trinajstić information content (AvgIpc) is 3.18.